The molecule has 2 aromatic carbocycles. The number of nitrogens with zero attached hydrogens (tertiary/aromatic N) is 2. The number of benzene rings is 2. The van der Waals surface area contributed by atoms with Crippen molar-refractivity contribution in [2.45, 2.75) is 19.9 Å². The van der Waals surface area contributed by atoms with Crippen LogP contribution in [0.25, 0.3) is 5.76 Å². The minimum Gasteiger partial charge on any atom is -0.507 e. The standard InChI is InChI=1S/C25H21ClN2O4/c1-14-6-7-17(26)12-20(14)28-22(16-5-4-10-27-13-16)21(24(30)25(28)31)23(29)19-9-8-18(32-3)11-15(19)2/h4-13,22,29H,1-3H3/b23-21-. The fraction of sp³-hybridized carbons (Fsp3) is 0.160. The maximum atomic E-state index is 13.2. The Bertz CT molecular complexity index is 1250. The highest BCUT2D eigenvalue weighted by Gasteiger charge is 2.47. The van der Waals surface area contributed by atoms with Crippen molar-refractivity contribution in [3.63, 3.8) is 0 Å². The zero-order valence-electron chi connectivity index (χ0n) is 17.8. The van der Waals surface area contributed by atoms with E-state index in [-0.39, 0.29) is 11.3 Å². The first-order chi connectivity index (χ1) is 15.3. The van der Waals surface area contributed by atoms with Gasteiger partial charge in [-0.15, -0.1) is 0 Å². The van der Waals surface area contributed by atoms with E-state index in [2.05, 4.69) is 4.98 Å². The fourth-order valence-electron chi connectivity index (χ4n) is 3.95. The Balaban J connectivity index is 1.97. The smallest absolute Gasteiger partial charge is 0.300 e. The van der Waals surface area contributed by atoms with Crippen LogP contribution in [-0.2, 0) is 9.59 Å². The molecule has 1 aliphatic heterocycles. The number of methoxy groups -OCH3 is 1. The first-order valence-corrected chi connectivity index (χ1v) is 10.3. The molecule has 1 fully saturated rings. The molecule has 1 unspecified atom stereocenters. The summed E-state index contributed by atoms with van der Waals surface area (Å²) in [6.07, 6.45) is 3.19. The van der Waals surface area contributed by atoms with Crippen molar-refractivity contribution >= 4 is 34.7 Å². The van der Waals surface area contributed by atoms with Crippen LogP contribution in [0.2, 0.25) is 5.02 Å². The van der Waals surface area contributed by atoms with Gasteiger partial charge in [-0.2, -0.15) is 0 Å². The summed E-state index contributed by atoms with van der Waals surface area (Å²) in [6, 6.07) is 12.9. The molecule has 0 radical (unpaired) electrons. The molecule has 1 amide bonds. The second kappa shape index (κ2) is 8.48. The minimum absolute atomic E-state index is 0.00403. The van der Waals surface area contributed by atoms with Crippen LogP contribution in [0.4, 0.5) is 5.69 Å². The number of hydrogen-bond donors (Lipinski definition) is 1. The Kier molecular flexibility index (Phi) is 5.72. The van der Waals surface area contributed by atoms with Crippen LogP contribution < -0.4 is 9.64 Å². The van der Waals surface area contributed by atoms with E-state index < -0.39 is 17.7 Å². The molecule has 4 rings (SSSR count). The van der Waals surface area contributed by atoms with Gasteiger partial charge in [0.1, 0.15) is 11.5 Å². The van der Waals surface area contributed by atoms with Crippen LogP contribution >= 0.6 is 11.6 Å². The van der Waals surface area contributed by atoms with Gasteiger partial charge in [-0.1, -0.05) is 23.7 Å². The first-order valence-electron chi connectivity index (χ1n) is 9.95. The Hall–Kier alpha value is -3.64. The summed E-state index contributed by atoms with van der Waals surface area (Å²) < 4.78 is 5.24. The van der Waals surface area contributed by atoms with Gasteiger partial charge in [0.2, 0.25) is 0 Å². The molecular weight excluding hydrogens is 428 g/mol. The highest BCUT2D eigenvalue weighted by Crippen LogP contribution is 2.43. The molecule has 0 bridgehead atoms. The Morgan fingerprint density at radius 3 is 2.53 bits per heavy atom. The third kappa shape index (κ3) is 3.63. The quantitative estimate of drug-likeness (QED) is 0.345. The Morgan fingerprint density at radius 1 is 1.09 bits per heavy atom. The van der Waals surface area contributed by atoms with E-state index in [1.807, 2.05) is 6.92 Å². The molecule has 32 heavy (non-hydrogen) atoms. The normalized spacial score (nSPS) is 17.6. The number of hydrogen-bond acceptors (Lipinski definition) is 5. The van der Waals surface area contributed by atoms with Gasteiger partial charge in [-0.25, -0.2) is 0 Å². The van der Waals surface area contributed by atoms with Gasteiger partial charge >= 0.3 is 0 Å². The SMILES string of the molecule is COc1ccc(/C(O)=C2/C(=O)C(=O)N(c3cc(Cl)ccc3C)C2c2cccnc2)c(C)c1. The summed E-state index contributed by atoms with van der Waals surface area (Å²) in [4.78, 5) is 32.0. The van der Waals surface area contributed by atoms with Gasteiger partial charge in [0.15, 0.2) is 0 Å². The summed E-state index contributed by atoms with van der Waals surface area (Å²) in [5.41, 5.74) is 3.01. The predicted octanol–water partition coefficient (Wildman–Crippen LogP) is 4.99. The van der Waals surface area contributed by atoms with E-state index >= 15 is 0 Å². The molecule has 2 heterocycles. The van der Waals surface area contributed by atoms with Gasteiger partial charge in [-0.3, -0.25) is 19.5 Å². The number of pyridine rings is 1. The van der Waals surface area contributed by atoms with Crippen LogP contribution in [-0.4, -0.2) is 28.9 Å². The largest absolute Gasteiger partial charge is 0.507 e. The molecule has 0 aliphatic carbocycles. The molecule has 1 atom stereocenters. The van der Waals surface area contributed by atoms with Crippen LogP contribution in [0.3, 0.4) is 0 Å². The molecular formula is C25H21ClN2O4. The van der Waals surface area contributed by atoms with Crippen molar-refractivity contribution < 1.29 is 19.4 Å². The van der Waals surface area contributed by atoms with Gasteiger partial charge in [-0.05, 0) is 66.9 Å². The summed E-state index contributed by atoms with van der Waals surface area (Å²) in [7, 11) is 1.55. The van der Waals surface area contributed by atoms with E-state index in [9.17, 15) is 14.7 Å². The molecule has 7 heteroatoms. The van der Waals surface area contributed by atoms with Crippen LogP contribution in [0, 0.1) is 13.8 Å². The number of ketones is 1. The lowest BCUT2D eigenvalue weighted by Crippen LogP contribution is -2.30. The molecule has 3 aromatic rings. The Morgan fingerprint density at radius 2 is 1.88 bits per heavy atom. The summed E-state index contributed by atoms with van der Waals surface area (Å²) in [5.74, 6) is -1.14. The monoisotopic (exact) mass is 448 g/mol. The number of aliphatic hydroxyl groups excluding tert-OH is 1. The number of aromatic nitrogens is 1. The topological polar surface area (TPSA) is 79.7 Å². The van der Waals surface area contributed by atoms with E-state index in [1.54, 1.807) is 75.0 Å². The highest BCUT2D eigenvalue weighted by molar-refractivity contribution is 6.52. The number of anilines is 1. The minimum atomic E-state index is -0.859. The van der Waals surface area contributed by atoms with E-state index in [1.165, 1.54) is 4.90 Å². The van der Waals surface area contributed by atoms with Crippen molar-refractivity contribution in [2.24, 2.45) is 0 Å². The number of Topliss-reactive ketones (excluding diaryl/α,β-unsaturated/α-hetero) is 1. The summed E-state index contributed by atoms with van der Waals surface area (Å²) >= 11 is 6.21. The maximum Gasteiger partial charge on any atom is 0.300 e. The van der Waals surface area contributed by atoms with Gasteiger partial charge < -0.3 is 9.84 Å². The number of ether oxygens (including phenoxy) is 1. The predicted molar refractivity (Wildman–Crippen MR) is 123 cm³/mol. The molecule has 6 nitrogen and oxygen atoms in total. The highest BCUT2D eigenvalue weighted by atomic mass is 35.5. The number of carbonyl (C=O) groups is 2. The van der Waals surface area contributed by atoms with Crippen LogP contribution in [0.5, 0.6) is 5.75 Å². The summed E-state index contributed by atoms with van der Waals surface area (Å²) in [6.45, 7) is 3.63. The van der Waals surface area contributed by atoms with Crippen molar-refractivity contribution in [1.29, 1.82) is 0 Å². The third-order valence-corrected chi connectivity index (χ3v) is 5.80. The number of carbonyl (C=O) groups excluding carboxylic acids is 2. The second-order valence-electron chi connectivity index (χ2n) is 7.57. The molecule has 0 spiro atoms. The lowest BCUT2D eigenvalue weighted by Gasteiger charge is -2.26. The fourth-order valence-corrected chi connectivity index (χ4v) is 4.12. The number of aliphatic hydroxyl groups is 1. The lowest BCUT2D eigenvalue weighted by molar-refractivity contribution is -0.132. The number of halogens is 1. The molecule has 162 valence electrons. The van der Waals surface area contributed by atoms with Gasteiger partial charge in [0, 0.05) is 28.7 Å². The number of amides is 1. The number of aryl methyl sites for hydroxylation is 2. The first kappa shape index (κ1) is 21.6. The molecule has 1 N–H and O–H groups in total. The molecule has 1 aromatic heterocycles. The van der Waals surface area contributed by atoms with E-state index in [4.69, 9.17) is 16.3 Å². The number of rotatable bonds is 4. The van der Waals surface area contributed by atoms with Crippen LogP contribution in [0.15, 0.2) is 66.5 Å². The molecule has 1 saturated heterocycles. The Labute approximate surface area is 190 Å². The van der Waals surface area contributed by atoms with Crippen molar-refractivity contribution in [3.05, 3.63) is 93.8 Å². The van der Waals surface area contributed by atoms with Crippen molar-refractivity contribution in [1.82, 2.24) is 4.98 Å². The zero-order valence-corrected chi connectivity index (χ0v) is 18.6. The third-order valence-electron chi connectivity index (χ3n) is 5.56. The van der Waals surface area contributed by atoms with E-state index in [0.717, 1.165) is 5.56 Å². The average molecular weight is 449 g/mol. The average Bonchev–Trinajstić information content (AvgIpc) is 3.06. The van der Waals surface area contributed by atoms with Gasteiger partial charge in [0.25, 0.3) is 11.7 Å². The van der Waals surface area contributed by atoms with E-state index in [0.29, 0.717) is 33.1 Å². The lowest BCUT2D eigenvalue weighted by atomic mass is 9.94. The second-order valence-corrected chi connectivity index (χ2v) is 8.00. The van der Waals surface area contributed by atoms with Gasteiger partial charge in [0.05, 0.1) is 18.7 Å². The molecule has 0 saturated carbocycles. The maximum absolute atomic E-state index is 13.2. The van der Waals surface area contributed by atoms with Crippen molar-refractivity contribution in [3.8, 4) is 5.75 Å². The summed E-state index contributed by atoms with van der Waals surface area (Å²) in [5, 5.41) is 11.7. The van der Waals surface area contributed by atoms with Crippen LogP contribution in [0.1, 0.15) is 28.3 Å². The molecule has 1 aliphatic rings. The zero-order chi connectivity index (χ0) is 23.0. The van der Waals surface area contributed by atoms with Crippen molar-refractivity contribution in [2.75, 3.05) is 12.0 Å².